The van der Waals surface area contributed by atoms with Gasteiger partial charge >= 0.3 is 6.09 Å². The number of hydrogen-bond acceptors (Lipinski definition) is 5. The number of guanidine groups is 1. The summed E-state index contributed by atoms with van der Waals surface area (Å²) in [5.74, 6) is 1.18. The maximum atomic E-state index is 12.1. The Morgan fingerprint density at radius 3 is 2.53 bits per heavy atom. The lowest BCUT2D eigenvalue weighted by atomic mass is 10.0. The van der Waals surface area contributed by atoms with Crippen molar-refractivity contribution >= 4 is 47.4 Å². The first-order valence-corrected chi connectivity index (χ1v) is 11.2. The predicted octanol–water partition coefficient (Wildman–Crippen LogP) is 4.45. The van der Waals surface area contributed by atoms with E-state index in [0.717, 1.165) is 36.9 Å². The summed E-state index contributed by atoms with van der Waals surface area (Å²) in [4.78, 5) is 24.6. The number of halogens is 1. The molecule has 0 aromatic carbocycles. The molecule has 1 rings (SSSR count). The van der Waals surface area contributed by atoms with Crippen LogP contribution in [0.2, 0.25) is 0 Å². The van der Waals surface area contributed by atoms with Crippen LogP contribution in [-0.2, 0) is 11.2 Å². The monoisotopic (exact) mass is 553 g/mol. The zero-order valence-electron chi connectivity index (χ0n) is 19.7. The van der Waals surface area contributed by atoms with E-state index in [1.165, 1.54) is 4.88 Å². The van der Waals surface area contributed by atoms with Gasteiger partial charge in [-0.3, -0.25) is 4.99 Å². The number of carbonyl (C=O) groups excluding carboxylic acids is 1. The lowest BCUT2D eigenvalue weighted by molar-refractivity contribution is 0.0486. The molecule has 0 aliphatic rings. The average molecular weight is 554 g/mol. The van der Waals surface area contributed by atoms with Crippen molar-refractivity contribution in [1.82, 2.24) is 20.5 Å². The number of aliphatic imine (C=N–C) groups is 1. The molecule has 1 aromatic rings. The summed E-state index contributed by atoms with van der Waals surface area (Å²) < 4.78 is 5.40. The summed E-state index contributed by atoms with van der Waals surface area (Å²) >= 11 is 1.72. The van der Waals surface area contributed by atoms with E-state index in [0.29, 0.717) is 12.5 Å². The molecule has 1 amide bonds. The largest absolute Gasteiger partial charge is 0.444 e. The van der Waals surface area contributed by atoms with E-state index in [9.17, 15) is 4.79 Å². The number of rotatable bonds is 9. The van der Waals surface area contributed by atoms with E-state index in [1.807, 2.05) is 34.0 Å². The maximum absolute atomic E-state index is 12.1. The standard InChI is InChI=1S/C21H39N5O2S.HI/c1-9-22-19(23-12-10-18-24-14-16(4)29-18)26(8)13-11-17(15(2)3)25-20(27)28-21(5,6)7;/h14-15,17H,9-13H2,1-8H3,(H,22,23)(H,25,27);1H. The molecule has 1 aromatic heterocycles. The second kappa shape index (κ2) is 14.1. The van der Waals surface area contributed by atoms with E-state index < -0.39 is 5.60 Å². The predicted molar refractivity (Wildman–Crippen MR) is 137 cm³/mol. The fraction of sp³-hybridized carbons (Fsp3) is 0.762. The van der Waals surface area contributed by atoms with E-state index in [1.54, 1.807) is 11.3 Å². The van der Waals surface area contributed by atoms with Crippen LogP contribution in [0.5, 0.6) is 0 Å². The molecule has 174 valence electrons. The van der Waals surface area contributed by atoms with E-state index >= 15 is 0 Å². The summed E-state index contributed by atoms with van der Waals surface area (Å²) in [6.45, 7) is 16.3. The Hall–Kier alpha value is -1.10. The third-order valence-electron chi connectivity index (χ3n) is 4.24. The van der Waals surface area contributed by atoms with Crippen molar-refractivity contribution in [1.29, 1.82) is 0 Å². The maximum Gasteiger partial charge on any atom is 0.407 e. The van der Waals surface area contributed by atoms with Gasteiger partial charge in [-0.25, -0.2) is 9.78 Å². The minimum atomic E-state index is -0.497. The summed E-state index contributed by atoms with van der Waals surface area (Å²) in [5.41, 5.74) is -0.497. The van der Waals surface area contributed by atoms with E-state index in [2.05, 4.69) is 48.2 Å². The van der Waals surface area contributed by atoms with Crippen molar-refractivity contribution in [3.8, 4) is 0 Å². The topological polar surface area (TPSA) is 78.9 Å². The quantitative estimate of drug-likeness (QED) is 0.269. The normalized spacial score (nSPS) is 12.9. The molecule has 9 heteroatoms. The summed E-state index contributed by atoms with van der Waals surface area (Å²) in [6, 6.07) is 0.0356. The van der Waals surface area contributed by atoms with Crippen LogP contribution < -0.4 is 10.6 Å². The van der Waals surface area contributed by atoms with Crippen LogP contribution >= 0.6 is 35.3 Å². The SMILES string of the molecule is CCNC(=NCCc1ncc(C)s1)N(C)CCC(NC(=O)OC(C)(C)C)C(C)C.I. The molecule has 0 aliphatic heterocycles. The van der Waals surface area contributed by atoms with Gasteiger partial charge < -0.3 is 20.3 Å². The Morgan fingerprint density at radius 1 is 1.37 bits per heavy atom. The molecular weight excluding hydrogens is 513 g/mol. The minimum absolute atomic E-state index is 0. The smallest absolute Gasteiger partial charge is 0.407 e. The fourth-order valence-corrected chi connectivity index (χ4v) is 3.49. The minimum Gasteiger partial charge on any atom is -0.444 e. The molecule has 0 saturated carbocycles. The van der Waals surface area contributed by atoms with Crippen LogP contribution in [0.15, 0.2) is 11.2 Å². The van der Waals surface area contributed by atoms with Gasteiger partial charge in [-0.15, -0.1) is 35.3 Å². The Balaban J connectivity index is 0.00000841. The highest BCUT2D eigenvalue weighted by atomic mass is 127. The Labute approximate surface area is 203 Å². The highest BCUT2D eigenvalue weighted by Gasteiger charge is 2.22. The average Bonchev–Trinajstić information content (AvgIpc) is 3.01. The lowest BCUT2D eigenvalue weighted by Gasteiger charge is -2.28. The number of amides is 1. The Bertz CT molecular complexity index is 658. The van der Waals surface area contributed by atoms with Gasteiger partial charge in [-0.1, -0.05) is 13.8 Å². The number of hydrogen-bond donors (Lipinski definition) is 2. The van der Waals surface area contributed by atoms with E-state index in [4.69, 9.17) is 9.73 Å². The number of alkyl carbamates (subject to hydrolysis) is 1. The van der Waals surface area contributed by atoms with Gasteiger partial charge in [0.1, 0.15) is 5.60 Å². The number of aryl methyl sites for hydroxylation is 1. The van der Waals surface area contributed by atoms with Crippen molar-refractivity contribution in [2.75, 3.05) is 26.7 Å². The molecule has 1 unspecified atom stereocenters. The van der Waals surface area contributed by atoms with Crippen molar-refractivity contribution < 1.29 is 9.53 Å². The van der Waals surface area contributed by atoms with Gasteiger partial charge in [0.05, 0.1) is 5.01 Å². The summed E-state index contributed by atoms with van der Waals surface area (Å²) in [6.07, 6.45) is 3.20. The van der Waals surface area contributed by atoms with Crippen molar-refractivity contribution in [2.24, 2.45) is 10.9 Å². The summed E-state index contributed by atoms with van der Waals surface area (Å²) in [7, 11) is 2.03. The van der Waals surface area contributed by atoms with Gasteiger partial charge in [-0.05, 0) is 47.0 Å². The molecule has 0 spiro atoms. The second-order valence-corrected chi connectivity index (χ2v) is 9.88. The third-order valence-corrected chi connectivity index (χ3v) is 5.21. The Kier molecular flexibility index (Phi) is 13.5. The molecule has 2 N–H and O–H groups in total. The van der Waals surface area contributed by atoms with Gasteiger partial charge in [0.25, 0.3) is 0 Å². The fourth-order valence-electron chi connectivity index (χ4n) is 2.71. The second-order valence-electron chi connectivity index (χ2n) is 8.56. The molecule has 7 nitrogen and oxygen atoms in total. The zero-order chi connectivity index (χ0) is 22.0. The van der Waals surface area contributed by atoms with Crippen LogP contribution in [0.25, 0.3) is 0 Å². The highest BCUT2D eigenvalue weighted by molar-refractivity contribution is 14.0. The van der Waals surface area contributed by atoms with Gasteiger partial charge in [0.2, 0.25) is 0 Å². The first kappa shape index (κ1) is 28.9. The number of thiazole rings is 1. The first-order chi connectivity index (χ1) is 13.5. The number of nitrogens with zero attached hydrogens (tertiary/aromatic N) is 3. The molecule has 0 bridgehead atoms. The van der Waals surface area contributed by atoms with Crippen LogP contribution in [0.1, 0.15) is 57.8 Å². The van der Waals surface area contributed by atoms with Crippen molar-refractivity contribution in [2.45, 2.75) is 73.0 Å². The van der Waals surface area contributed by atoms with Crippen LogP contribution in [0.3, 0.4) is 0 Å². The molecule has 0 fully saturated rings. The van der Waals surface area contributed by atoms with Gasteiger partial charge in [0, 0.05) is 50.2 Å². The number of carbonyl (C=O) groups is 1. The van der Waals surface area contributed by atoms with Crippen molar-refractivity contribution in [3.63, 3.8) is 0 Å². The first-order valence-electron chi connectivity index (χ1n) is 10.4. The van der Waals surface area contributed by atoms with Crippen molar-refractivity contribution in [3.05, 3.63) is 16.1 Å². The number of ether oxygens (including phenoxy) is 1. The van der Waals surface area contributed by atoms with Crippen LogP contribution in [-0.4, -0.2) is 60.3 Å². The zero-order valence-corrected chi connectivity index (χ0v) is 22.9. The number of nitrogens with one attached hydrogen (secondary N) is 2. The summed E-state index contributed by atoms with van der Waals surface area (Å²) in [5, 5.41) is 7.47. The number of aromatic nitrogens is 1. The highest BCUT2D eigenvalue weighted by Crippen LogP contribution is 2.12. The molecule has 0 aliphatic carbocycles. The molecular formula is C21H40IN5O2S. The van der Waals surface area contributed by atoms with Gasteiger partial charge in [0.15, 0.2) is 5.96 Å². The molecule has 30 heavy (non-hydrogen) atoms. The lowest BCUT2D eigenvalue weighted by Crippen LogP contribution is -2.45. The van der Waals surface area contributed by atoms with E-state index in [-0.39, 0.29) is 36.1 Å². The molecule has 0 saturated heterocycles. The molecule has 1 atom stereocenters. The molecule has 1 heterocycles. The van der Waals surface area contributed by atoms with Crippen LogP contribution in [0.4, 0.5) is 4.79 Å². The molecule has 0 radical (unpaired) electrons. The van der Waals surface area contributed by atoms with Gasteiger partial charge in [-0.2, -0.15) is 0 Å². The van der Waals surface area contributed by atoms with Crippen LogP contribution in [0, 0.1) is 12.8 Å². The Morgan fingerprint density at radius 2 is 2.03 bits per heavy atom. The third kappa shape index (κ3) is 11.9.